The number of urea groups is 1. The van der Waals surface area contributed by atoms with E-state index >= 15 is 0 Å². The predicted octanol–water partition coefficient (Wildman–Crippen LogP) is 1.48. The van der Waals surface area contributed by atoms with Gasteiger partial charge in [0.05, 0.1) is 18.4 Å². The fraction of sp³-hybridized carbons (Fsp3) is 0.579. The van der Waals surface area contributed by atoms with Gasteiger partial charge in [0.1, 0.15) is 11.8 Å². The number of amides is 2. The molecule has 8 heteroatoms. The van der Waals surface area contributed by atoms with Crippen LogP contribution >= 0.6 is 0 Å². The van der Waals surface area contributed by atoms with E-state index in [9.17, 15) is 9.59 Å². The molecule has 0 radical (unpaired) electrons. The van der Waals surface area contributed by atoms with Crippen LogP contribution in [0.3, 0.4) is 0 Å². The van der Waals surface area contributed by atoms with Crippen molar-refractivity contribution in [3.8, 4) is 0 Å². The molecule has 1 saturated heterocycles. The lowest BCUT2D eigenvalue weighted by atomic mass is 10.00. The molecule has 0 saturated carbocycles. The summed E-state index contributed by atoms with van der Waals surface area (Å²) in [7, 11) is 2.12. The largest absolute Gasteiger partial charge is 0.467 e. The highest BCUT2D eigenvalue weighted by molar-refractivity contribution is 5.95. The Kier molecular flexibility index (Phi) is 6.18. The standard InChI is InChI=1S/C19H28N4O4/c1-4-22(3)13-8-9-23(11-13)12-14-16(18(24)26-5-2)17(21-19(25)20-14)15-7-6-10-27-15/h6-7,10,13,17H,4-5,8-9,11-12H2,1-3H3,(H2,20,21,25)/t13-,17+/m0/s1. The Morgan fingerprint density at radius 1 is 1.44 bits per heavy atom. The molecule has 0 unspecified atom stereocenters. The number of likely N-dealkylation sites (tertiary alicyclic amines) is 1. The van der Waals surface area contributed by atoms with Crippen LogP contribution in [-0.2, 0) is 9.53 Å². The topological polar surface area (TPSA) is 87.0 Å². The number of hydrogen-bond donors (Lipinski definition) is 2. The zero-order valence-corrected chi connectivity index (χ0v) is 16.2. The van der Waals surface area contributed by atoms with Crippen LogP contribution in [0.4, 0.5) is 4.79 Å². The van der Waals surface area contributed by atoms with Crippen LogP contribution in [0, 0.1) is 0 Å². The fourth-order valence-electron chi connectivity index (χ4n) is 3.66. The summed E-state index contributed by atoms with van der Waals surface area (Å²) in [5.41, 5.74) is 0.983. The Morgan fingerprint density at radius 3 is 2.93 bits per heavy atom. The van der Waals surface area contributed by atoms with Crippen LogP contribution in [0.2, 0.25) is 0 Å². The first-order valence-corrected chi connectivity index (χ1v) is 9.47. The molecule has 2 N–H and O–H groups in total. The summed E-state index contributed by atoms with van der Waals surface area (Å²) in [6.07, 6.45) is 2.60. The van der Waals surface area contributed by atoms with Gasteiger partial charge >= 0.3 is 12.0 Å². The molecule has 2 atom stereocenters. The van der Waals surface area contributed by atoms with Crippen LogP contribution in [0.15, 0.2) is 34.1 Å². The fourth-order valence-corrected chi connectivity index (χ4v) is 3.66. The number of hydrogen-bond acceptors (Lipinski definition) is 6. The van der Waals surface area contributed by atoms with Gasteiger partial charge in [-0.15, -0.1) is 0 Å². The number of likely N-dealkylation sites (N-methyl/N-ethyl adjacent to an activating group) is 1. The summed E-state index contributed by atoms with van der Waals surface area (Å²) in [5.74, 6) is 0.0678. The van der Waals surface area contributed by atoms with E-state index in [0.717, 1.165) is 26.1 Å². The van der Waals surface area contributed by atoms with Crippen molar-refractivity contribution in [1.29, 1.82) is 0 Å². The SMILES string of the molecule is CCOC(=O)C1=C(CN2CC[C@H](N(C)CC)C2)NC(=O)N[C@@H]1c1ccco1. The predicted molar refractivity (Wildman–Crippen MR) is 99.9 cm³/mol. The molecule has 1 fully saturated rings. The van der Waals surface area contributed by atoms with Gasteiger partial charge in [-0.25, -0.2) is 9.59 Å². The quantitative estimate of drug-likeness (QED) is 0.701. The Balaban J connectivity index is 1.86. The minimum Gasteiger partial charge on any atom is -0.467 e. The molecule has 0 spiro atoms. The van der Waals surface area contributed by atoms with E-state index in [-0.39, 0.29) is 12.6 Å². The monoisotopic (exact) mass is 376 g/mol. The molecular formula is C19H28N4O4. The minimum atomic E-state index is -0.653. The molecule has 148 valence electrons. The number of nitrogens with zero attached hydrogens (tertiary/aromatic N) is 2. The van der Waals surface area contributed by atoms with Gasteiger partial charge in [0.2, 0.25) is 0 Å². The third kappa shape index (κ3) is 4.33. The summed E-state index contributed by atoms with van der Waals surface area (Å²) < 4.78 is 10.7. The average Bonchev–Trinajstić information content (AvgIpc) is 3.32. The summed E-state index contributed by atoms with van der Waals surface area (Å²) >= 11 is 0. The van der Waals surface area contributed by atoms with Crippen LogP contribution in [0.25, 0.3) is 0 Å². The molecule has 2 aliphatic heterocycles. The summed E-state index contributed by atoms with van der Waals surface area (Å²) in [6.45, 7) is 7.48. The number of furan rings is 1. The molecule has 1 aromatic rings. The number of nitrogens with one attached hydrogen (secondary N) is 2. The van der Waals surface area contributed by atoms with E-state index < -0.39 is 12.0 Å². The second-order valence-corrected chi connectivity index (χ2v) is 6.91. The lowest BCUT2D eigenvalue weighted by molar-refractivity contribution is -0.139. The maximum Gasteiger partial charge on any atom is 0.338 e. The van der Waals surface area contributed by atoms with Gasteiger partial charge in [-0.2, -0.15) is 0 Å². The smallest absolute Gasteiger partial charge is 0.338 e. The zero-order chi connectivity index (χ0) is 19.4. The van der Waals surface area contributed by atoms with Gasteiger partial charge in [0.25, 0.3) is 0 Å². The normalized spacial score (nSPS) is 23.5. The van der Waals surface area contributed by atoms with E-state index in [1.165, 1.54) is 6.26 Å². The van der Waals surface area contributed by atoms with Crippen molar-refractivity contribution in [2.45, 2.75) is 32.4 Å². The molecule has 2 amide bonds. The molecule has 3 rings (SSSR count). The van der Waals surface area contributed by atoms with Crippen molar-refractivity contribution >= 4 is 12.0 Å². The third-order valence-electron chi connectivity index (χ3n) is 5.23. The van der Waals surface area contributed by atoms with E-state index in [4.69, 9.17) is 9.15 Å². The first kappa shape index (κ1) is 19.4. The van der Waals surface area contributed by atoms with Crippen molar-refractivity contribution in [2.75, 3.05) is 39.8 Å². The Morgan fingerprint density at radius 2 is 2.26 bits per heavy atom. The van der Waals surface area contributed by atoms with E-state index in [0.29, 0.717) is 29.6 Å². The van der Waals surface area contributed by atoms with Gasteiger partial charge in [-0.05, 0) is 39.1 Å². The molecule has 0 aliphatic carbocycles. The molecule has 27 heavy (non-hydrogen) atoms. The highest BCUT2D eigenvalue weighted by Crippen LogP contribution is 2.29. The molecule has 8 nitrogen and oxygen atoms in total. The van der Waals surface area contributed by atoms with E-state index in [1.54, 1.807) is 19.1 Å². The second-order valence-electron chi connectivity index (χ2n) is 6.91. The van der Waals surface area contributed by atoms with Crippen LogP contribution < -0.4 is 10.6 Å². The van der Waals surface area contributed by atoms with Crippen molar-refractivity contribution in [2.24, 2.45) is 0 Å². The second kappa shape index (κ2) is 8.58. The van der Waals surface area contributed by atoms with Crippen LogP contribution in [-0.4, -0.2) is 67.7 Å². The van der Waals surface area contributed by atoms with Gasteiger partial charge in [0, 0.05) is 31.4 Å². The molecule has 3 heterocycles. The number of carbonyl (C=O) groups excluding carboxylic acids is 2. The number of carbonyl (C=O) groups is 2. The maximum atomic E-state index is 12.7. The summed E-state index contributed by atoms with van der Waals surface area (Å²) in [4.78, 5) is 29.5. The van der Waals surface area contributed by atoms with Crippen molar-refractivity contribution < 1.29 is 18.7 Å². The lowest BCUT2D eigenvalue weighted by Gasteiger charge is -2.30. The lowest BCUT2D eigenvalue weighted by Crippen LogP contribution is -2.48. The number of esters is 1. The van der Waals surface area contributed by atoms with Gasteiger partial charge in [0.15, 0.2) is 0 Å². The molecule has 0 bridgehead atoms. The van der Waals surface area contributed by atoms with E-state index in [1.807, 2.05) is 0 Å². The summed E-state index contributed by atoms with van der Waals surface area (Å²) in [5, 5.41) is 5.58. The number of ether oxygens (including phenoxy) is 1. The zero-order valence-electron chi connectivity index (χ0n) is 16.2. The molecular weight excluding hydrogens is 348 g/mol. The van der Waals surface area contributed by atoms with Gasteiger partial charge in [-0.1, -0.05) is 6.92 Å². The first-order chi connectivity index (χ1) is 13.0. The Hall–Kier alpha value is -2.32. The highest BCUT2D eigenvalue weighted by atomic mass is 16.5. The Labute approximate surface area is 159 Å². The van der Waals surface area contributed by atoms with Crippen LogP contribution in [0.5, 0.6) is 0 Å². The van der Waals surface area contributed by atoms with Crippen LogP contribution in [0.1, 0.15) is 32.1 Å². The third-order valence-corrected chi connectivity index (χ3v) is 5.23. The van der Waals surface area contributed by atoms with Gasteiger partial charge in [-0.3, -0.25) is 4.90 Å². The molecule has 0 aromatic carbocycles. The van der Waals surface area contributed by atoms with Crippen molar-refractivity contribution in [1.82, 2.24) is 20.4 Å². The molecule has 1 aromatic heterocycles. The van der Waals surface area contributed by atoms with Crippen molar-refractivity contribution in [3.63, 3.8) is 0 Å². The highest BCUT2D eigenvalue weighted by Gasteiger charge is 2.36. The Bertz CT molecular complexity index is 701. The minimum absolute atomic E-state index is 0.265. The van der Waals surface area contributed by atoms with Crippen molar-refractivity contribution in [3.05, 3.63) is 35.4 Å². The summed E-state index contributed by atoms with van der Waals surface area (Å²) in [6, 6.07) is 2.97. The first-order valence-electron chi connectivity index (χ1n) is 9.47. The van der Waals surface area contributed by atoms with E-state index in [2.05, 4.69) is 34.4 Å². The average molecular weight is 376 g/mol. The molecule has 2 aliphatic rings. The number of rotatable bonds is 7. The maximum absolute atomic E-state index is 12.7. The van der Waals surface area contributed by atoms with Gasteiger partial charge < -0.3 is 24.7 Å².